The van der Waals surface area contributed by atoms with Gasteiger partial charge in [0.15, 0.2) is 0 Å². The Bertz CT molecular complexity index is 1770. The molecule has 2 N–H and O–H groups in total. The molecule has 4 aromatic carbocycles. The normalized spacial score (nSPS) is 17.9. The SMILES string of the molecule is CCN(CC)[C@H](C(=O)N1CCC[C@H]1C(=O)Nc1ccc(-c2ccc(NC(=O)[C@@H]3CCCN3C(=O)[C@H](c3ccccc3)N(CC)CC)cc2)cc1)c1ccccc1. The van der Waals surface area contributed by atoms with E-state index in [0.717, 1.165) is 61.3 Å². The van der Waals surface area contributed by atoms with Gasteiger partial charge in [0.05, 0.1) is 0 Å². The monoisotopic (exact) mass is 756 g/mol. The molecule has 56 heavy (non-hydrogen) atoms. The van der Waals surface area contributed by atoms with E-state index < -0.39 is 24.2 Å². The van der Waals surface area contributed by atoms with E-state index >= 15 is 0 Å². The van der Waals surface area contributed by atoms with Gasteiger partial charge in [-0.05, 0) is 98.4 Å². The lowest BCUT2D eigenvalue weighted by atomic mass is 10.0. The van der Waals surface area contributed by atoms with E-state index in [-0.39, 0.29) is 23.6 Å². The van der Waals surface area contributed by atoms with Crippen LogP contribution in [0.3, 0.4) is 0 Å². The molecule has 2 aliphatic heterocycles. The van der Waals surface area contributed by atoms with Gasteiger partial charge in [-0.25, -0.2) is 0 Å². The number of hydrogen-bond donors (Lipinski definition) is 2. The Morgan fingerprint density at radius 2 is 0.875 bits per heavy atom. The fourth-order valence-electron chi connectivity index (χ4n) is 8.33. The molecule has 0 unspecified atom stereocenters. The predicted molar refractivity (Wildman–Crippen MR) is 223 cm³/mol. The van der Waals surface area contributed by atoms with Crippen LogP contribution in [0.15, 0.2) is 109 Å². The fraction of sp³-hybridized carbons (Fsp3) is 0.391. The Hall–Kier alpha value is -5.32. The highest BCUT2D eigenvalue weighted by atomic mass is 16.2. The van der Waals surface area contributed by atoms with Crippen molar-refractivity contribution in [3.05, 3.63) is 120 Å². The largest absolute Gasteiger partial charge is 0.329 e. The molecule has 0 bridgehead atoms. The lowest BCUT2D eigenvalue weighted by Gasteiger charge is -2.34. The zero-order valence-corrected chi connectivity index (χ0v) is 33.2. The molecule has 10 heteroatoms. The van der Waals surface area contributed by atoms with E-state index in [0.29, 0.717) is 37.3 Å². The van der Waals surface area contributed by atoms with Crippen molar-refractivity contribution >= 4 is 35.0 Å². The summed E-state index contributed by atoms with van der Waals surface area (Å²) in [4.78, 5) is 63.1. The highest BCUT2D eigenvalue weighted by molar-refractivity contribution is 5.99. The van der Waals surface area contributed by atoms with Gasteiger partial charge in [0.25, 0.3) is 0 Å². The first-order valence-electron chi connectivity index (χ1n) is 20.3. The highest BCUT2D eigenvalue weighted by Gasteiger charge is 2.40. The van der Waals surface area contributed by atoms with Crippen LogP contribution in [-0.4, -0.2) is 94.6 Å². The molecule has 0 saturated carbocycles. The summed E-state index contributed by atoms with van der Waals surface area (Å²) in [5.74, 6) is -0.426. The molecule has 2 fully saturated rings. The highest BCUT2D eigenvalue weighted by Crippen LogP contribution is 2.31. The van der Waals surface area contributed by atoms with Gasteiger partial charge < -0.3 is 20.4 Å². The van der Waals surface area contributed by atoms with Gasteiger partial charge in [0, 0.05) is 24.5 Å². The summed E-state index contributed by atoms with van der Waals surface area (Å²) in [7, 11) is 0. The first-order valence-corrected chi connectivity index (χ1v) is 20.3. The van der Waals surface area contributed by atoms with Crippen molar-refractivity contribution in [2.24, 2.45) is 0 Å². The molecule has 0 radical (unpaired) electrons. The number of carbonyl (C=O) groups excluding carboxylic acids is 4. The van der Waals surface area contributed by atoms with E-state index in [9.17, 15) is 19.2 Å². The maximum Gasteiger partial charge on any atom is 0.247 e. The van der Waals surface area contributed by atoms with Crippen LogP contribution in [0.4, 0.5) is 11.4 Å². The minimum atomic E-state index is -0.534. The standard InChI is InChI=1S/C46H56N6O4/c1-5-49(6-2)41(35-17-11-9-12-18-35)45(55)51-31-15-21-39(51)43(53)47-37-27-23-33(24-28-37)34-25-29-38(30-26-34)48-44(54)40-22-16-32-52(40)46(56)42(50(7-3)8-4)36-19-13-10-14-20-36/h9-14,17-20,23-30,39-42H,5-8,15-16,21-22,31-32H2,1-4H3,(H,47,53)(H,48,54)/t39-,40-,41-,42-/m0/s1. The second-order valence-corrected chi connectivity index (χ2v) is 14.6. The van der Waals surface area contributed by atoms with Crippen LogP contribution in [0, 0.1) is 0 Å². The van der Waals surface area contributed by atoms with Crippen molar-refractivity contribution in [3.63, 3.8) is 0 Å². The van der Waals surface area contributed by atoms with Crippen molar-refractivity contribution in [2.45, 2.75) is 77.5 Å². The van der Waals surface area contributed by atoms with Crippen LogP contribution < -0.4 is 10.6 Å². The lowest BCUT2D eigenvalue weighted by Crippen LogP contribution is -2.48. The summed E-state index contributed by atoms with van der Waals surface area (Å²) >= 11 is 0. The van der Waals surface area contributed by atoms with Crippen LogP contribution in [0.2, 0.25) is 0 Å². The van der Waals surface area contributed by atoms with Gasteiger partial charge in [-0.1, -0.05) is 113 Å². The fourth-order valence-corrected chi connectivity index (χ4v) is 8.33. The van der Waals surface area contributed by atoms with Crippen molar-refractivity contribution < 1.29 is 19.2 Å². The quantitative estimate of drug-likeness (QED) is 0.131. The van der Waals surface area contributed by atoms with E-state index in [2.05, 4.69) is 48.1 Å². The van der Waals surface area contributed by atoms with Crippen LogP contribution >= 0.6 is 0 Å². The van der Waals surface area contributed by atoms with Gasteiger partial charge in [-0.15, -0.1) is 0 Å². The first kappa shape index (κ1) is 40.3. The van der Waals surface area contributed by atoms with Crippen molar-refractivity contribution in [3.8, 4) is 11.1 Å². The number of nitrogens with zero attached hydrogens (tertiary/aromatic N) is 4. The van der Waals surface area contributed by atoms with Gasteiger partial charge in [-0.2, -0.15) is 0 Å². The number of likely N-dealkylation sites (N-methyl/N-ethyl adjacent to an activating group) is 2. The molecule has 2 saturated heterocycles. The van der Waals surface area contributed by atoms with Crippen LogP contribution in [-0.2, 0) is 19.2 Å². The maximum absolute atomic E-state index is 14.0. The van der Waals surface area contributed by atoms with Gasteiger partial charge in [0.1, 0.15) is 24.2 Å². The predicted octanol–water partition coefficient (Wildman–Crippen LogP) is 7.38. The summed E-state index contributed by atoms with van der Waals surface area (Å²) in [6.45, 7) is 12.2. The van der Waals surface area contributed by atoms with E-state index in [4.69, 9.17) is 0 Å². The molecule has 4 amide bonds. The maximum atomic E-state index is 14.0. The zero-order chi connectivity index (χ0) is 39.6. The number of anilines is 2. The molecule has 4 atom stereocenters. The Balaban J connectivity index is 1.07. The average molecular weight is 757 g/mol. The Kier molecular flexibility index (Phi) is 13.7. The number of benzene rings is 4. The van der Waals surface area contributed by atoms with Crippen LogP contribution in [0.25, 0.3) is 11.1 Å². The number of hydrogen-bond acceptors (Lipinski definition) is 6. The molecule has 0 aromatic heterocycles. The molecular weight excluding hydrogens is 701 g/mol. The number of likely N-dealkylation sites (tertiary alicyclic amines) is 2. The molecule has 6 rings (SSSR count). The second kappa shape index (κ2) is 19.0. The Morgan fingerprint density at radius 3 is 1.20 bits per heavy atom. The number of carbonyl (C=O) groups is 4. The summed E-state index contributed by atoms with van der Waals surface area (Å²) < 4.78 is 0. The first-order chi connectivity index (χ1) is 27.3. The molecule has 0 aliphatic carbocycles. The average Bonchev–Trinajstić information content (AvgIpc) is 3.94. The molecule has 0 spiro atoms. The molecular formula is C46H56N6O4. The van der Waals surface area contributed by atoms with Crippen molar-refractivity contribution in [1.82, 2.24) is 19.6 Å². The molecule has 2 heterocycles. The van der Waals surface area contributed by atoms with Crippen molar-refractivity contribution in [2.75, 3.05) is 49.9 Å². The third kappa shape index (κ3) is 9.03. The molecule has 294 valence electrons. The summed E-state index contributed by atoms with van der Waals surface area (Å²) in [5.41, 5.74) is 5.12. The summed E-state index contributed by atoms with van der Waals surface area (Å²) in [6.07, 6.45) is 2.80. The Morgan fingerprint density at radius 1 is 0.536 bits per heavy atom. The third-order valence-electron chi connectivity index (χ3n) is 11.4. The lowest BCUT2D eigenvalue weighted by molar-refractivity contribution is -0.141. The second-order valence-electron chi connectivity index (χ2n) is 14.6. The molecule has 10 nitrogen and oxygen atoms in total. The van der Waals surface area contributed by atoms with Gasteiger partial charge >= 0.3 is 0 Å². The minimum Gasteiger partial charge on any atom is -0.329 e. The Labute approximate surface area is 331 Å². The van der Waals surface area contributed by atoms with E-state index in [1.54, 1.807) is 9.80 Å². The van der Waals surface area contributed by atoms with E-state index in [1.165, 1.54) is 0 Å². The van der Waals surface area contributed by atoms with Gasteiger partial charge in [0.2, 0.25) is 23.6 Å². The smallest absolute Gasteiger partial charge is 0.247 e. The van der Waals surface area contributed by atoms with E-state index in [1.807, 2.05) is 109 Å². The summed E-state index contributed by atoms with van der Waals surface area (Å²) in [6, 6.07) is 33.0. The zero-order valence-electron chi connectivity index (χ0n) is 33.2. The number of nitrogens with one attached hydrogen (secondary N) is 2. The topological polar surface area (TPSA) is 105 Å². The molecule has 2 aliphatic rings. The minimum absolute atomic E-state index is 0.0337. The molecule has 4 aromatic rings. The van der Waals surface area contributed by atoms with Crippen molar-refractivity contribution in [1.29, 1.82) is 0 Å². The number of amides is 4. The van der Waals surface area contributed by atoms with Crippen LogP contribution in [0.5, 0.6) is 0 Å². The number of rotatable bonds is 15. The van der Waals surface area contributed by atoms with Gasteiger partial charge in [-0.3, -0.25) is 29.0 Å². The van der Waals surface area contributed by atoms with Crippen LogP contribution in [0.1, 0.15) is 76.6 Å². The summed E-state index contributed by atoms with van der Waals surface area (Å²) in [5, 5.41) is 6.11. The third-order valence-corrected chi connectivity index (χ3v) is 11.4.